The highest BCUT2D eigenvalue weighted by atomic mass is 35.5. The molecule has 0 unspecified atom stereocenters. The van der Waals surface area contributed by atoms with E-state index in [0.717, 1.165) is 5.56 Å². The standard InChI is InChI=1S/C22H18ClN3O3/c23-16-7-9-17(10-8-16)25-20(27)11-12-21(28)26-14-15-4-1-2-6-19(15)29-22-18(26)5-3-13-24-22/h1-10,13H,11-12,14H2,(H,25,27). The molecule has 3 aromatic rings. The number of fused-ring (bicyclic) bond motifs is 2. The SMILES string of the molecule is O=C(CCC(=O)N1Cc2ccccc2Oc2ncccc21)Nc1ccc(Cl)cc1. The van der Waals surface area contributed by atoms with E-state index in [-0.39, 0.29) is 24.7 Å². The van der Waals surface area contributed by atoms with Crippen LogP contribution in [0.15, 0.2) is 66.9 Å². The number of nitrogens with one attached hydrogen (secondary N) is 1. The summed E-state index contributed by atoms with van der Waals surface area (Å²) in [6.07, 6.45) is 1.75. The normalized spacial score (nSPS) is 12.2. The first-order chi connectivity index (χ1) is 14.1. The number of carbonyl (C=O) groups excluding carboxylic acids is 2. The summed E-state index contributed by atoms with van der Waals surface area (Å²) < 4.78 is 5.90. The van der Waals surface area contributed by atoms with Crippen LogP contribution in [-0.2, 0) is 16.1 Å². The maximum absolute atomic E-state index is 13.0. The summed E-state index contributed by atoms with van der Waals surface area (Å²) in [7, 11) is 0. The van der Waals surface area contributed by atoms with Crippen molar-refractivity contribution >= 4 is 34.8 Å². The molecule has 0 spiro atoms. The fraction of sp³-hybridized carbons (Fsp3) is 0.136. The number of anilines is 2. The van der Waals surface area contributed by atoms with Crippen LogP contribution < -0.4 is 15.0 Å². The fourth-order valence-corrected chi connectivity index (χ4v) is 3.22. The molecule has 0 fully saturated rings. The zero-order chi connectivity index (χ0) is 20.2. The number of amides is 2. The predicted octanol–water partition coefficient (Wildman–Crippen LogP) is 4.79. The number of hydrogen-bond acceptors (Lipinski definition) is 4. The van der Waals surface area contributed by atoms with Gasteiger partial charge in [-0.15, -0.1) is 0 Å². The third-order valence-electron chi connectivity index (χ3n) is 4.54. The number of para-hydroxylation sites is 1. The van der Waals surface area contributed by atoms with Gasteiger partial charge in [-0.25, -0.2) is 4.98 Å². The summed E-state index contributed by atoms with van der Waals surface area (Å²) in [5.41, 5.74) is 2.11. The number of benzene rings is 2. The van der Waals surface area contributed by atoms with Crippen LogP contribution in [0, 0.1) is 0 Å². The molecule has 29 heavy (non-hydrogen) atoms. The van der Waals surface area contributed by atoms with Crippen molar-refractivity contribution in [3.05, 3.63) is 77.4 Å². The van der Waals surface area contributed by atoms with Gasteiger partial charge in [-0.05, 0) is 42.5 Å². The Hall–Kier alpha value is -3.38. The first-order valence-electron chi connectivity index (χ1n) is 9.17. The van der Waals surface area contributed by atoms with Crippen LogP contribution in [0.1, 0.15) is 18.4 Å². The third kappa shape index (κ3) is 4.38. The Balaban J connectivity index is 1.47. The average Bonchev–Trinajstić information content (AvgIpc) is 2.90. The minimum atomic E-state index is -0.237. The van der Waals surface area contributed by atoms with Crippen molar-refractivity contribution in [2.75, 3.05) is 10.2 Å². The number of hydrogen-bond donors (Lipinski definition) is 1. The smallest absolute Gasteiger partial charge is 0.243 e. The van der Waals surface area contributed by atoms with Crippen molar-refractivity contribution in [3.63, 3.8) is 0 Å². The molecule has 0 saturated heterocycles. The van der Waals surface area contributed by atoms with E-state index in [2.05, 4.69) is 10.3 Å². The molecule has 0 saturated carbocycles. The molecule has 0 bridgehead atoms. The summed E-state index contributed by atoms with van der Waals surface area (Å²) in [6, 6.07) is 17.9. The van der Waals surface area contributed by atoms with Gasteiger partial charge in [-0.2, -0.15) is 0 Å². The van der Waals surface area contributed by atoms with Gasteiger partial charge in [0.1, 0.15) is 11.4 Å². The molecule has 1 aliphatic rings. The molecule has 1 aromatic heterocycles. The van der Waals surface area contributed by atoms with Crippen molar-refractivity contribution in [1.82, 2.24) is 4.98 Å². The Morgan fingerprint density at radius 3 is 2.66 bits per heavy atom. The summed E-state index contributed by atoms with van der Waals surface area (Å²) in [5, 5.41) is 3.36. The molecule has 0 atom stereocenters. The zero-order valence-corrected chi connectivity index (χ0v) is 16.2. The average molecular weight is 408 g/mol. The van der Waals surface area contributed by atoms with Gasteiger partial charge < -0.3 is 15.0 Å². The monoisotopic (exact) mass is 407 g/mol. The summed E-state index contributed by atoms with van der Waals surface area (Å²) in [6.45, 7) is 0.354. The molecule has 6 nitrogen and oxygen atoms in total. The number of halogens is 1. The lowest BCUT2D eigenvalue weighted by Gasteiger charge is -2.21. The summed E-state index contributed by atoms with van der Waals surface area (Å²) in [4.78, 5) is 31.1. The lowest BCUT2D eigenvalue weighted by Crippen LogP contribution is -2.30. The number of ether oxygens (including phenoxy) is 1. The van der Waals surface area contributed by atoms with E-state index < -0.39 is 0 Å². The van der Waals surface area contributed by atoms with Crippen LogP contribution in [0.2, 0.25) is 5.02 Å². The van der Waals surface area contributed by atoms with E-state index >= 15 is 0 Å². The number of carbonyl (C=O) groups is 2. The van der Waals surface area contributed by atoms with Crippen molar-refractivity contribution in [2.24, 2.45) is 0 Å². The topological polar surface area (TPSA) is 71.5 Å². The molecule has 146 valence electrons. The molecular formula is C22H18ClN3O3. The van der Waals surface area contributed by atoms with Gasteiger partial charge in [0, 0.05) is 35.3 Å². The summed E-state index contributed by atoms with van der Waals surface area (Å²) >= 11 is 5.85. The van der Waals surface area contributed by atoms with Gasteiger partial charge in [0.2, 0.25) is 17.7 Å². The Bertz CT molecular complexity index is 1050. The maximum atomic E-state index is 13.0. The van der Waals surface area contributed by atoms with E-state index in [9.17, 15) is 9.59 Å². The highest BCUT2D eigenvalue weighted by Crippen LogP contribution is 2.37. The number of pyridine rings is 1. The van der Waals surface area contributed by atoms with Crippen LogP contribution in [0.5, 0.6) is 11.6 Å². The largest absolute Gasteiger partial charge is 0.437 e. The lowest BCUT2D eigenvalue weighted by molar-refractivity contribution is -0.122. The third-order valence-corrected chi connectivity index (χ3v) is 4.80. The molecule has 1 N–H and O–H groups in total. The second kappa shape index (κ2) is 8.32. The second-order valence-corrected chi connectivity index (χ2v) is 7.01. The van der Waals surface area contributed by atoms with Gasteiger partial charge in [-0.3, -0.25) is 9.59 Å². The molecule has 2 aromatic carbocycles. The number of rotatable bonds is 4. The van der Waals surface area contributed by atoms with Crippen molar-refractivity contribution in [1.29, 1.82) is 0 Å². The van der Waals surface area contributed by atoms with E-state index in [4.69, 9.17) is 16.3 Å². The van der Waals surface area contributed by atoms with E-state index in [1.54, 1.807) is 47.5 Å². The highest BCUT2D eigenvalue weighted by Gasteiger charge is 2.26. The molecule has 0 aliphatic carbocycles. The van der Waals surface area contributed by atoms with Crippen LogP contribution in [0.25, 0.3) is 0 Å². The van der Waals surface area contributed by atoms with Gasteiger partial charge in [0.05, 0.1) is 6.54 Å². The number of aromatic nitrogens is 1. The summed E-state index contributed by atoms with van der Waals surface area (Å²) in [5.74, 6) is 0.629. The molecule has 7 heteroatoms. The highest BCUT2D eigenvalue weighted by molar-refractivity contribution is 6.30. The number of nitrogens with zero attached hydrogens (tertiary/aromatic N) is 2. The first-order valence-corrected chi connectivity index (χ1v) is 9.54. The lowest BCUT2D eigenvalue weighted by atomic mass is 10.1. The molecule has 1 aliphatic heterocycles. The molecule has 2 amide bonds. The zero-order valence-electron chi connectivity index (χ0n) is 15.5. The van der Waals surface area contributed by atoms with E-state index in [0.29, 0.717) is 34.6 Å². The maximum Gasteiger partial charge on any atom is 0.243 e. The van der Waals surface area contributed by atoms with Gasteiger partial charge >= 0.3 is 0 Å². The Morgan fingerprint density at radius 1 is 1.03 bits per heavy atom. The van der Waals surface area contributed by atoms with E-state index in [1.807, 2.05) is 24.3 Å². The Labute approximate surface area is 173 Å². The Kier molecular flexibility index (Phi) is 5.44. The van der Waals surface area contributed by atoms with Crippen molar-refractivity contribution in [3.8, 4) is 11.6 Å². The van der Waals surface area contributed by atoms with Crippen LogP contribution in [0.3, 0.4) is 0 Å². The fourth-order valence-electron chi connectivity index (χ4n) is 3.09. The quantitative estimate of drug-likeness (QED) is 0.674. The molecule has 0 radical (unpaired) electrons. The van der Waals surface area contributed by atoms with Crippen LogP contribution >= 0.6 is 11.6 Å². The van der Waals surface area contributed by atoms with Gasteiger partial charge in [0.25, 0.3) is 0 Å². The molecular weight excluding hydrogens is 390 g/mol. The van der Waals surface area contributed by atoms with Crippen molar-refractivity contribution < 1.29 is 14.3 Å². The van der Waals surface area contributed by atoms with Crippen molar-refractivity contribution in [2.45, 2.75) is 19.4 Å². The second-order valence-electron chi connectivity index (χ2n) is 6.57. The first kappa shape index (κ1) is 19.0. The van der Waals surface area contributed by atoms with Gasteiger partial charge in [0.15, 0.2) is 0 Å². The molecule has 2 heterocycles. The minimum Gasteiger partial charge on any atom is -0.437 e. The Morgan fingerprint density at radius 2 is 1.83 bits per heavy atom. The van der Waals surface area contributed by atoms with E-state index in [1.165, 1.54) is 0 Å². The van der Waals surface area contributed by atoms with Gasteiger partial charge in [-0.1, -0.05) is 29.8 Å². The predicted molar refractivity (Wildman–Crippen MR) is 111 cm³/mol. The van der Waals surface area contributed by atoms with Crippen LogP contribution in [-0.4, -0.2) is 16.8 Å². The van der Waals surface area contributed by atoms with Crippen LogP contribution in [0.4, 0.5) is 11.4 Å². The minimum absolute atomic E-state index is 0.0654. The molecule has 4 rings (SSSR count).